The first-order chi connectivity index (χ1) is 11.7. The molecule has 1 aliphatic rings. The minimum atomic E-state index is 0.0388. The van der Waals surface area contributed by atoms with Gasteiger partial charge in [0.15, 0.2) is 5.65 Å². The standard InChI is InChI=1S/C18H18N4O2/c1-13-4-5-14(18(23)21-7-9-24-10-8-21)11-16(13)22-12-20-15-3-2-6-19-17(15)22/h2-6,11-12H,7-10H2,1H3. The number of hydrogen-bond acceptors (Lipinski definition) is 4. The lowest BCUT2D eigenvalue weighted by molar-refractivity contribution is 0.0303. The summed E-state index contributed by atoms with van der Waals surface area (Å²) in [7, 11) is 0. The summed E-state index contributed by atoms with van der Waals surface area (Å²) in [6.07, 6.45) is 3.50. The lowest BCUT2D eigenvalue weighted by Gasteiger charge is -2.27. The highest BCUT2D eigenvalue weighted by Crippen LogP contribution is 2.21. The van der Waals surface area contributed by atoms with E-state index >= 15 is 0 Å². The van der Waals surface area contributed by atoms with E-state index in [1.807, 2.05) is 46.7 Å². The monoisotopic (exact) mass is 322 g/mol. The van der Waals surface area contributed by atoms with E-state index in [4.69, 9.17) is 4.74 Å². The van der Waals surface area contributed by atoms with Crippen LogP contribution in [0, 0.1) is 6.92 Å². The fourth-order valence-corrected chi connectivity index (χ4v) is 2.98. The Labute approximate surface area is 139 Å². The summed E-state index contributed by atoms with van der Waals surface area (Å²) >= 11 is 0. The van der Waals surface area contributed by atoms with Gasteiger partial charge in [0.25, 0.3) is 5.91 Å². The Hall–Kier alpha value is -2.73. The summed E-state index contributed by atoms with van der Waals surface area (Å²) in [6.45, 7) is 4.49. The number of rotatable bonds is 2. The Kier molecular flexibility index (Phi) is 3.74. The highest BCUT2D eigenvalue weighted by molar-refractivity contribution is 5.95. The highest BCUT2D eigenvalue weighted by atomic mass is 16.5. The van der Waals surface area contributed by atoms with Crippen LogP contribution in [-0.4, -0.2) is 51.6 Å². The zero-order valence-electron chi connectivity index (χ0n) is 13.5. The van der Waals surface area contributed by atoms with Crippen LogP contribution >= 0.6 is 0 Å². The molecule has 6 heteroatoms. The van der Waals surface area contributed by atoms with Crippen LogP contribution in [0.3, 0.4) is 0 Å². The molecule has 4 rings (SSSR count). The van der Waals surface area contributed by atoms with Gasteiger partial charge in [0, 0.05) is 24.8 Å². The van der Waals surface area contributed by atoms with Crippen LogP contribution in [0.2, 0.25) is 0 Å². The van der Waals surface area contributed by atoms with E-state index < -0.39 is 0 Å². The Morgan fingerprint density at radius 1 is 1.17 bits per heavy atom. The molecule has 1 aromatic carbocycles. The molecule has 0 aliphatic carbocycles. The Bertz CT molecular complexity index is 897. The smallest absolute Gasteiger partial charge is 0.254 e. The van der Waals surface area contributed by atoms with Crippen LogP contribution in [0.4, 0.5) is 0 Å². The van der Waals surface area contributed by atoms with Crippen molar-refractivity contribution in [3.05, 3.63) is 54.0 Å². The van der Waals surface area contributed by atoms with Crippen LogP contribution in [-0.2, 0) is 4.74 Å². The van der Waals surface area contributed by atoms with Crippen molar-refractivity contribution in [1.82, 2.24) is 19.4 Å². The third kappa shape index (κ3) is 2.55. The normalized spacial score (nSPS) is 15.0. The van der Waals surface area contributed by atoms with Crippen molar-refractivity contribution in [3.63, 3.8) is 0 Å². The minimum absolute atomic E-state index is 0.0388. The molecule has 0 atom stereocenters. The minimum Gasteiger partial charge on any atom is -0.378 e. The molecular formula is C18H18N4O2. The fraction of sp³-hybridized carbons (Fsp3) is 0.278. The SMILES string of the molecule is Cc1ccc(C(=O)N2CCOCC2)cc1-n1cnc2cccnc21. The number of nitrogens with zero attached hydrogens (tertiary/aromatic N) is 4. The van der Waals surface area contributed by atoms with Gasteiger partial charge in [-0.05, 0) is 36.8 Å². The van der Waals surface area contributed by atoms with Gasteiger partial charge in [0.2, 0.25) is 0 Å². The second-order valence-electron chi connectivity index (χ2n) is 5.87. The molecule has 1 aliphatic heterocycles. The van der Waals surface area contributed by atoms with Crippen molar-refractivity contribution in [1.29, 1.82) is 0 Å². The number of benzene rings is 1. The van der Waals surface area contributed by atoms with Crippen LogP contribution in [0.15, 0.2) is 42.9 Å². The predicted octanol–water partition coefficient (Wildman–Crippen LogP) is 2.20. The molecule has 0 unspecified atom stereocenters. The van der Waals surface area contributed by atoms with E-state index in [2.05, 4.69) is 9.97 Å². The van der Waals surface area contributed by atoms with Crippen LogP contribution in [0.25, 0.3) is 16.9 Å². The average Bonchev–Trinajstić information content (AvgIpc) is 3.06. The number of carbonyl (C=O) groups excluding carboxylic acids is 1. The molecule has 0 bridgehead atoms. The quantitative estimate of drug-likeness (QED) is 0.726. The first kappa shape index (κ1) is 14.8. The van der Waals surface area contributed by atoms with E-state index in [0.717, 1.165) is 22.4 Å². The van der Waals surface area contributed by atoms with Crippen molar-refractivity contribution in [2.75, 3.05) is 26.3 Å². The van der Waals surface area contributed by atoms with Gasteiger partial charge >= 0.3 is 0 Å². The van der Waals surface area contributed by atoms with E-state index in [1.165, 1.54) is 0 Å². The van der Waals surface area contributed by atoms with E-state index in [0.29, 0.717) is 31.9 Å². The van der Waals surface area contributed by atoms with Crippen molar-refractivity contribution >= 4 is 17.1 Å². The second kappa shape index (κ2) is 6.05. The molecule has 1 fully saturated rings. The van der Waals surface area contributed by atoms with Crippen molar-refractivity contribution < 1.29 is 9.53 Å². The van der Waals surface area contributed by atoms with Crippen LogP contribution in [0.1, 0.15) is 15.9 Å². The average molecular weight is 322 g/mol. The van der Waals surface area contributed by atoms with Gasteiger partial charge in [-0.2, -0.15) is 0 Å². The summed E-state index contributed by atoms with van der Waals surface area (Å²) in [4.78, 5) is 23.4. The molecule has 2 aromatic heterocycles. The summed E-state index contributed by atoms with van der Waals surface area (Å²) in [6, 6.07) is 9.56. The molecule has 6 nitrogen and oxygen atoms in total. The number of ether oxygens (including phenoxy) is 1. The van der Waals surface area contributed by atoms with Gasteiger partial charge in [-0.15, -0.1) is 0 Å². The van der Waals surface area contributed by atoms with Gasteiger partial charge in [0.1, 0.15) is 11.8 Å². The number of amides is 1. The summed E-state index contributed by atoms with van der Waals surface area (Å²) < 4.78 is 7.25. The molecular weight excluding hydrogens is 304 g/mol. The topological polar surface area (TPSA) is 60.2 Å². The lowest BCUT2D eigenvalue weighted by atomic mass is 10.1. The Morgan fingerprint density at radius 3 is 2.83 bits per heavy atom. The molecule has 24 heavy (non-hydrogen) atoms. The van der Waals surface area contributed by atoms with E-state index in [-0.39, 0.29) is 5.91 Å². The van der Waals surface area contributed by atoms with Crippen molar-refractivity contribution in [2.24, 2.45) is 0 Å². The number of aromatic nitrogens is 3. The number of morpholine rings is 1. The maximum Gasteiger partial charge on any atom is 0.254 e. The van der Waals surface area contributed by atoms with Gasteiger partial charge in [0.05, 0.1) is 18.9 Å². The van der Waals surface area contributed by atoms with Crippen molar-refractivity contribution in [3.8, 4) is 5.69 Å². The first-order valence-corrected chi connectivity index (χ1v) is 8.00. The maximum atomic E-state index is 12.7. The number of imidazole rings is 1. The van der Waals surface area contributed by atoms with Gasteiger partial charge < -0.3 is 9.64 Å². The van der Waals surface area contributed by atoms with Gasteiger partial charge in [-0.25, -0.2) is 9.97 Å². The molecule has 1 amide bonds. The van der Waals surface area contributed by atoms with Gasteiger partial charge in [-0.1, -0.05) is 6.07 Å². The summed E-state index contributed by atoms with van der Waals surface area (Å²) in [5.41, 5.74) is 4.29. The molecule has 0 saturated carbocycles. The number of pyridine rings is 1. The number of carbonyl (C=O) groups is 1. The fourth-order valence-electron chi connectivity index (χ4n) is 2.98. The predicted molar refractivity (Wildman–Crippen MR) is 90.3 cm³/mol. The van der Waals surface area contributed by atoms with Crippen LogP contribution in [0.5, 0.6) is 0 Å². The molecule has 0 N–H and O–H groups in total. The zero-order chi connectivity index (χ0) is 16.5. The summed E-state index contributed by atoms with van der Waals surface area (Å²) in [5, 5.41) is 0. The van der Waals surface area contributed by atoms with E-state index in [1.54, 1.807) is 12.5 Å². The summed E-state index contributed by atoms with van der Waals surface area (Å²) in [5.74, 6) is 0.0388. The molecule has 3 aromatic rings. The molecule has 0 radical (unpaired) electrons. The molecule has 122 valence electrons. The Morgan fingerprint density at radius 2 is 2.00 bits per heavy atom. The second-order valence-corrected chi connectivity index (χ2v) is 5.87. The third-order valence-corrected chi connectivity index (χ3v) is 4.32. The zero-order valence-corrected chi connectivity index (χ0v) is 13.5. The maximum absolute atomic E-state index is 12.7. The number of aryl methyl sites for hydroxylation is 1. The number of fused-ring (bicyclic) bond motifs is 1. The van der Waals surface area contributed by atoms with Gasteiger partial charge in [-0.3, -0.25) is 9.36 Å². The molecule has 0 spiro atoms. The van der Waals surface area contributed by atoms with E-state index in [9.17, 15) is 4.79 Å². The highest BCUT2D eigenvalue weighted by Gasteiger charge is 2.19. The molecule has 3 heterocycles. The molecule has 1 saturated heterocycles. The lowest BCUT2D eigenvalue weighted by Crippen LogP contribution is -2.40. The largest absolute Gasteiger partial charge is 0.378 e. The Balaban J connectivity index is 1.75. The first-order valence-electron chi connectivity index (χ1n) is 8.00. The third-order valence-electron chi connectivity index (χ3n) is 4.32. The number of hydrogen-bond donors (Lipinski definition) is 0. The van der Waals surface area contributed by atoms with Crippen molar-refractivity contribution in [2.45, 2.75) is 6.92 Å². The van der Waals surface area contributed by atoms with Crippen LogP contribution < -0.4 is 0 Å².